The first-order chi connectivity index (χ1) is 14.8. The summed E-state index contributed by atoms with van der Waals surface area (Å²) >= 11 is 0. The average molecular weight is 438 g/mol. The number of carbonyl (C=O) groups excluding carboxylic acids is 2. The number of hydrogen-bond acceptors (Lipinski definition) is 7. The number of ether oxygens (including phenoxy) is 3. The van der Waals surface area contributed by atoms with Crippen molar-refractivity contribution in [3.63, 3.8) is 0 Å². The molecule has 0 radical (unpaired) electrons. The van der Waals surface area contributed by atoms with Gasteiger partial charge in [-0.25, -0.2) is 4.79 Å². The highest BCUT2D eigenvalue weighted by atomic mass is 16.5. The molecule has 0 saturated carbocycles. The van der Waals surface area contributed by atoms with Crippen LogP contribution in [0.1, 0.15) is 25.8 Å². The van der Waals surface area contributed by atoms with E-state index in [1.54, 1.807) is 4.90 Å². The predicted molar refractivity (Wildman–Crippen MR) is 116 cm³/mol. The Morgan fingerprint density at radius 3 is 2.68 bits per heavy atom. The molecule has 1 unspecified atom stereocenters. The van der Waals surface area contributed by atoms with Crippen LogP contribution in [0.5, 0.6) is 5.75 Å². The molecule has 1 atom stereocenters. The highest BCUT2D eigenvalue weighted by Gasteiger charge is 2.22. The number of nitrogens with zero attached hydrogens (tertiary/aromatic N) is 1. The van der Waals surface area contributed by atoms with Crippen LogP contribution in [0.15, 0.2) is 24.3 Å². The molecule has 0 aliphatic carbocycles. The van der Waals surface area contributed by atoms with Crippen molar-refractivity contribution < 1.29 is 28.9 Å². The monoisotopic (exact) mass is 437 g/mol. The smallest absolute Gasteiger partial charge is 0.317 e. The second kappa shape index (κ2) is 12.5. The average Bonchev–Trinajstić information content (AvgIpc) is 2.79. The van der Waals surface area contributed by atoms with E-state index in [1.807, 2.05) is 38.1 Å². The van der Waals surface area contributed by atoms with Gasteiger partial charge in [-0.1, -0.05) is 18.2 Å². The Morgan fingerprint density at radius 1 is 1.26 bits per heavy atom. The van der Waals surface area contributed by atoms with Crippen molar-refractivity contribution in [2.75, 3.05) is 53.1 Å². The van der Waals surface area contributed by atoms with Crippen molar-refractivity contribution in [1.29, 1.82) is 0 Å². The quantitative estimate of drug-likeness (QED) is 0.442. The lowest BCUT2D eigenvalue weighted by Gasteiger charge is -2.31. The van der Waals surface area contributed by atoms with E-state index in [0.29, 0.717) is 51.6 Å². The molecule has 1 fully saturated rings. The third kappa shape index (κ3) is 9.12. The van der Waals surface area contributed by atoms with E-state index in [1.165, 1.54) is 7.11 Å². The van der Waals surface area contributed by atoms with Crippen molar-refractivity contribution in [2.45, 2.75) is 38.3 Å². The first-order valence-corrected chi connectivity index (χ1v) is 10.6. The number of β-amino-alcohol motifs (C(OH)–C–C–N with tert-alkyl or cyclic N) is 1. The van der Waals surface area contributed by atoms with Crippen LogP contribution in [0, 0.1) is 0 Å². The fourth-order valence-corrected chi connectivity index (χ4v) is 3.07. The summed E-state index contributed by atoms with van der Waals surface area (Å²) < 4.78 is 15.7. The van der Waals surface area contributed by atoms with Crippen molar-refractivity contribution in [3.8, 4) is 5.75 Å². The molecular weight excluding hydrogens is 402 g/mol. The Bertz CT molecular complexity index is 706. The van der Waals surface area contributed by atoms with Crippen LogP contribution < -0.4 is 15.4 Å². The molecule has 31 heavy (non-hydrogen) atoms. The summed E-state index contributed by atoms with van der Waals surface area (Å²) in [7, 11) is 1.36. The van der Waals surface area contributed by atoms with E-state index in [2.05, 4.69) is 15.4 Å². The molecule has 1 aliphatic rings. The number of para-hydroxylation sites is 1. The zero-order valence-electron chi connectivity index (χ0n) is 18.7. The Labute approximate surface area is 184 Å². The molecule has 174 valence electrons. The van der Waals surface area contributed by atoms with Crippen molar-refractivity contribution in [1.82, 2.24) is 15.5 Å². The lowest BCUT2D eigenvalue weighted by molar-refractivity contribution is -0.140. The summed E-state index contributed by atoms with van der Waals surface area (Å²) in [5.74, 6) is 0.365. The van der Waals surface area contributed by atoms with Crippen LogP contribution >= 0.6 is 0 Å². The molecule has 9 nitrogen and oxygen atoms in total. The standard InChI is InChI=1S/C22H35N3O6/c1-22(2,16-23-21(28)25-10-12-30-13-11-25)24-14-18(26)15-31-19-7-5-4-6-17(19)8-9-20(27)29-3/h4-7,18,24,26H,8-16H2,1-3H3,(H,23,28). The van der Waals surface area contributed by atoms with Gasteiger partial charge in [0, 0.05) is 38.1 Å². The van der Waals surface area contributed by atoms with Crippen LogP contribution in [0.4, 0.5) is 4.79 Å². The van der Waals surface area contributed by atoms with Crippen molar-refractivity contribution >= 4 is 12.0 Å². The molecule has 1 aliphatic heterocycles. The molecule has 0 spiro atoms. The Kier molecular flexibility index (Phi) is 10.0. The Balaban J connectivity index is 1.72. The second-order valence-corrected chi connectivity index (χ2v) is 8.17. The maximum Gasteiger partial charge on any atom is 0.317 e. The number of carbonyl (C=O) groups is 2. The van der Waals surface area contributed by atoms with Gasteiger partial charge in [-0.2, -0.15) is 0 Å². The van der Waals surface area contributed by atoms with Crippen LogP contribution in [0.2, 0.25) is 0 Å². The van der Waals surface area contributed by atoms with Crippen molar-refractivity contribution in [3.05, 3.63) is 29.8 Å². The van der Waals surface area contributed by atoms with Gasteiger partial charge in [0.2, 0.25) is 0 Å². The maximum absolute atomic E-state index is 12.2. The number of nitrogens with one attached hydrogen (secondary N) is 2. The lowest BCUT2D eigenvalue weighted by Crippen LogP contribution is -2.54. The fourth-order valence-electron chi connectivity index (χ4n) is 3.07. The number of aryl methyl sites for hydroxylation is 1. The van der Waals surface area contributed by atoms with Gasteiger partial charge in [0.05, 0.1) is 20.3 Å². The molecule has 9 heteroatoms. The third-order valence-electron chi connectivity index (χ3n) is 5.03. The van der Waals surface area contributed by atoms with Gasteiger partial charge < -0.3 is 34.9 Å². The zero-order valence-corrected chi connectivity index (χ0v) is 18.7. The Hall–Kier alpha value is -2.36. The number of aliphatic hydroxyl groups excluding tert-OH is 1. The minimum Gasteiger partial charge on any atom is -0.491 e. The number of morpholine rings is 1. The Morgan fingerprint density at radius 2 is 1.97 bits per heavy atom. The van der Waals surface area contributed by atoms with E-state index in [0.717, 1.165) is 5.56 Å². The maximum atomic E-state index is 12.2. The second-order valence-electron chi connectivity index (χ2n) is 8.17. The fraction of sp³-hybridized carbons (Fsp3) is 0.636. The van der Waals surface area contributed by atoms with Crippen LogP contribution in [-0.2, 0) is 20.7 Å². The SMILES string of the molecule is COC(=O)CCc1ccccc1OCC(O)CNC(C)(C)CNC(=O)N1CCOCC1. The summed E-state index contributed by atoms with van der Waals surface area (Å²) in [6.07, 6.45) is 0.0428. The van der Waals surface area contributed by atoms with Gasteiger partial charge in [0.1, 0.15) is 18.5 Å². The lowest BCUT2D eigenvalue weighted by atomic mass is 10.1. The normalized spacial score (nSPS) is 15.3. The minimum atomic E-state index is -0.733. The number of rotatable bonds is 11. The number of benzene rings is 1. The van der Waals surface area contributed by atoms with Crippen molar-refractivity contribution in [2.24, 2.45) is 0 Å². The molecule has 1 heterocycles. The molecule has 1 saturated heterocycles. The number of methoxy groups -OCH3 is 1. The van der Waals surface area contributed by atoms with E-state index < -0.39 is 11.6 Å². The predicted octanol–water partition coefficient (Wildman–Crippen LogP) is 0.942. The first kappa shape index (κ1) is 24.9. The largest absolute Gasteiger partial charge is 0.491 e. The molecule has 0 bridgehead atoms. The molecule has 2 rings (SSSR count). The van der Waals surface area contributed by atoms with Gasteiger partial charge in [0.15, 0.2) is 0 Å². The molecule has 2 amide bonds. The van der Waals surface area contributed by atoms with Crippen LogP contribution in [0.25, 0.3) is 0 Å². The summed E-state index contributed by atoms with van der Waals surface area (Å²) in [5.41, 5.74) is 0.487. The number of aliphatic hydroxyl groups is 1. The van der Waals surface area contributed by atoms with E-state index in [-0.39, 0.29) is 25.0 Å². The van der Waals surface area contributed by atoms with E-state index in [4.69, 9.17) is 9.47 Å². The molecule has 1 aromatic rings. The van der Waals surface area contributed by atoms with Gasteiger partial charge >= 0.3 is 12.0 Å². The molecule has 3 N–H and O–H groups in total. The first-order valence-electron chi connectivity index (χ1n) is 10.6. The summed E-state index contributed by atoms with van der Waals surface area (Å²) in [4.78, 5) is 25.3. The number of hydrogen-bond donors (Lipinski definition) is 3. The van der Waals surface area contributed by atoms with E-state index in [9.17, 15) is 14.7 Å². The molecule has 1 aromatic carbocycles. The highest BCUT2D eigenvalue weighted by molar-refractivity contribution is 5.74. The van der Waals surface area contributed by atoms with Crippen LogP contribution in [0.3, 0.4) is 0 Å². The molecule has 0 aromatic heterocycles. The highest BCUT2D eigenvalue weighted by Crippen LogP contribution is 2.20. The third-order valence-corrected chi connectivity index (χ3v) is 5.03. The number of amides is 2. The van der Waals surface area contributed by atoms with Crippen LogP contribution in [-0.4, -0.2) is 86.8 Å². The number of esters is 1. The van der Waals surface area contributed by atoms with Gasteiger partial charge in [0.25, 0.3) is 0 Å². The van der Waals surface area contributed by atoms with Gasteiger partial charge in [-0.3, -0.25) is 4.79 Å². The minimum absolute atomic E-state index is 0.106. The van der Waals surface area contributed by atoms with Gasteiger partial charge in [-0.05, 0) is 31.9 Å². The zero-order chi connectivity index (χ0) is 22.7. The summed E-state index contributed by atoms with van der Waals surface area (Å²) in [6, 6.07) is 7.33. The topological polar surface area (TPSA) is 109 Å². The molecular formula is C22H35N3O6. The number of urea groups is 1. The summed E-state index contributed by atoms with van der Waals surface area (Å²) in [6.45, 7) is 7.08. The summed E-state index contributed by atoms with van der Waals surface area (Å²) in [5, 5.41) is 16.5. The van der Waals surface area contributed by atoms with Gasteiger partial charge in [-0.15, -0.1) is 0 Å². The van der Waals surface area contributed by atoms with E-state index >= 15 is 0 Å².